The van der Waals surface area contributed by atoms with Crippen LogP contribution in [0.25, 0.3) is 0 Å². The van der Waals surface area contributed by atoms with Gasteiger partial charge in [0.25, 0.3) is 0 Å². The van der Waals surface area contributed by atoms with E-state index in [2.05, 4.69) is 5.32 Å². The van der Waals surface area contributed by atoms with Crippen LogP contribution in [-0.4, -0.2) is 46.9 Å². The van der Waals surface area contributed by atoms with Crippen LogP contribution in [0.1, 0.15) is 53.4 Å². The number of nitrogens with zero attached hydrogens (tertiary/aromatic N) is 1. The van der Waals surface area contributed by atoms with E-state index in [9.17, 15) is 14.4 Å². The molecule has 0 aromatic carbocycles. The molecule has 2 amide bonds. The Morgan fingerprint density at radius 3 is 2.45 bits per heavy atom. The van der Waals surface area contributed by atoms with Crippen LogP contribution in [-0.2, 0) is 14.4 Å². The van der Waals surface area contributed by atoms with Gasteiger partial charge >= 0.3 is 5.97 Å². The van der Waals surface area contributed by atoms with Gasteiger partial charge in [-0.1, -0.05) is 34.1 Å². The minimum absolute atomic E-state index is 0.0355. The Morgan fingerprint density at radius 2 is 1.95 bits per heavy atom. The molecule has 2 unspecified atom stereocenters. The number of carboxylic acids is 1. The fourth-order valence-corrected chi connectivity index (χ4v) is 2.69. The Balaban J connectivity index is 2.66. The molecule has 0 saturated carbocycles. The highest BCUT2D eigenvalue weighted by molar-refractivity contribution is 5.86. The SMILES string of the molecule is CCCC(NC(=O)C1CCCN(C(=O)C(C)(C)C)C1)C(=O)O. The zero-order valence-corrected chi connectivity index (χ0v) is 14.0. The predicted molar refractivity (Wildman–Crippen MR) is 83.2 cm³/mol. The summed E-state index contributed by atoms with van der Waals surface area (Å²) < 4.78 is 0. The Kier molecular flexibility index (Phi) is 6.38. The quantitative estimate of drug-likeness (QED) is 0.808. The summed E-state index contributed by atoms with van der Waals surface area (Å²) in [5, 5.41) is 11.7. The van der Waals surface area contributed by atoms with Crippen molar-refractivity contribution in [3.63, 3.8) is 0 Å². The molecule has 6 nitrogen and oxygen atoms in total. The third-order valence-corrected chi connectivity index (χ3v) is 3.91. The molecule has 0 radical (unpaired) electrons. The van der Waals surface area contributed by atoms with E-state index in [4.69, 9.17) is 5.11 Å². The molecule has 1 fully saturated rings. The minimum atomic E-state index is -1.01. The Hall–Kier alpha value is -1.59. The molecule has 0 aliphatic carbocycles. The van der Waals surface area contributed by atoms with Crippen molar-refractivity contribution in [2.24, 2.45) is 11.3 Å². The highest BCUT2D eigenvalue weighted by Gasteiger charge is 2.34. The molecule has 126 valence electrons. The van der Waals surface area contributed by atoms with E-state index in [-0.39, 0.29) is 17.7 Å². The molecule has 1 heterocycles. The zero-order valence-electron chi connectivity index (χ0n) is 14.0. The second-order valence-corrected chi connectivity index (χ2v) is 7.03. The number of amides is 2. The van der Waals surface area contributed by atoms with Crippen molar-refractivity contribution < 1.29 is 19.5 Å². The van der Waals surface area contributed by atoms with Gasteiger partial charge in [0.1, 0.15) is 6.04 Å². The van der Waals surface area contributed by atoms with Crippen molar-refractivity contribution in [1.82, 2.24) is 10.2 Å². The normalized spacial score (nSPS) is 20.4. The Bertz CT molecular complexity index is 428. The molecule has 0 aromatic heterocycles. The highest BCUT2D eigenvalue weighted by atomic mass is 16.4. The first kappa shape index (κ1) is 18.5. The van der Waals surface area contributed by atoms with Gasteiger partial charge in [0.05, 0.1) is 5.92 Å². The molecule has 0 bridgehead atoms. The van der Waals surface area contributed by atoms with Gasteiger partial charge in [0, 0.05) is 18.5 Å². The first-order valence-electron chi connectivity index (χ1n) is 7.99. The van der Waals surface area contributed by atoms with E-state index in [0.717, 1.165) is 6.42 Å². The third-order valence-electron chi connectivity index (χ3n) is 3.91. The number of nitrogens with one attached hydrogen (secondary N) is 1. The van der Waals surface area contributed by atoms with Crippen LogP contribution in [0.3, 0.4) is 0 Å². The van der Waals surface area contributed by atoms with Crippen molar-refractivity contribution in [2.75, 3.05) is 13.1 Å². The summed E-state index contributed by atoms with van der Waals surface area (Å²) in [5.74, 6) is -1.55. The Morgan fingerprint density at radius 1 is 1.32 bits per heavy atom. The average Bonchev–Trinajstić information content (AvgIpc) is 2.44. The monoisotopic (exact) mass is 312 g/mol. The van der Waals surface area contributed by atoms with Crippen LogP contribution in [0.5, 0.6) is 0 Å². The maximum absolute atomic E-state index is 12.3. The average molecular weight is 312 g/mol. The lowest BCUT2D eigenvalue weighted by molar-refractivity contribution is -0.145. The number of carbonyl (C=O) groups excluding carboxylic acids is 2. The molecule has 22 heavy (non-hydrogen) atoms. The van der Waals surface area contributed by atoms with Gasteiger partial charge in [-0.2, -0.15) is 0 Å². The smallest absolute Gasteiger partial charge is 0.326 e. The number of carbonyl (C=O) groups is 3. The summed E-state index contributed by atoms with van der Waals surface area (Å²) in [6.07, 6.45) is 2.57. The molecule has 1 rings (SSSR count). The van der Waals surface area contributed by atoms with Gasteiger partial charge in [-0.15, -0.1) is 0 Å². The number of hydrogen-bond acceptors (Lipinski definition) is 3. The van der Waals surface area contributed by atoms with E-state index < -0.39 is 17.4 Å². The van der Waals surface area contributed by atoms with Gasteiger partial charge in [0.15, 0.2) is 0 Å². The van der Waals surface area contributed by atoms with Crippen LogP contribution in [0, 0.1) is 11.3 Å². The molecule has 6 heteroatoms. The van der Waals surface area contributed by atoms with Crippen molar-refractivity contribution in [3.05, 3.63) is 0 Å². The number of rotatable bonds is 5. The molecule has 2 N–H and O–H groups in total. The standard InChI is InChI=1S/C16H28N2O4/c1-5-7-12(14(20)21)17-13(19)11-8-6-9-18(10-11)15(22)16(2,3)4/h11-12H,5-10H2,1-4H3,(H,17,19)(H,20,21). The number of likely N-dealkylation sites (tertiary alicyclic amines) is 1. The van der Waals surface area contributed by atoms with E-state index in [1.807, 2.05) is 27.7 Å². The summed E-state index contributed by atoms with van der Waals surface area (Å²) in [6.45, 7) is 8.51. The van der Waals surface area contributed by atoms with Crippen LogP contribution in [0.15, 0.2) is 0 Å². The van der Waals surface area contributed by atoms with Gasteiger partial charge in [-0.05, 0) is 19.3 Å². The van der Waals surface area contributed by atoms with E-state index in [1.54, 1.807) is 4.90 Å². The van der Waals surface area contributed by atoms with Crippen molar-refractivity contribution in [1.29, 1.82) is 0 Å². The predicted octanol–water partition coefficient (Wildman–Crippen LogP) is 1.64. The maximum Gasteiger partial charge on any atom is 0.326 e. The number of hydrogen-bond donors (Lipinski definition) is 2. The molecule has 1 aliphatic heterocycles. The molecular formula is C16H28N2O4. The summed E-state index contributed by atoms with van der Waals surface area (Å²) >= 11 is 0. The first-order valence-corrected chi connectivity index (χ1v) is 7.99. The molecular weight excluding hydrogens is 284 g/mol. The summed E-state index contributed by atoms with van der Waals surface area (Å²) in [6, 6.07) is -0.841. The third kappa shape index (κ3) is 5.00. The van der Waals surface area contributed by atoms with Gasteiger partial charge in [-0.3, -0.25) is 9.59 Å². The van der Waals surface area contributed by atoms with E-state index in [0.29, 0.717) is 32.4 Å². The van der Waals surface area contributed by atoms with Gasteiger partial charge in [-0.25, -0.2) is 4.79 Å². The van der Waals surface area contributed by atoms with Crippen LogP contribution >= 0.6 is 0 Å². The molecule has 1 aliphatic rings. The zero-order chi connectivity index (χ0) is 16.9. The first-order chi connectivity index (χ1) is 10.2. The fourth-order valence-electron chi connectivity index (χ4n) is 2.69. The largest absolute Gasteiger partial charge is 0.480 e. The van der Waals surface area contributed by atoms with E-state index >= 15 is 0 Å². The fraction of sp³-hybridized carbons (Fsp3) is 0.812. The second-order valence-electron chi connectivity index (χ2n) is 7.03. The highest BCUT2D eigenvalue weighted by Crippen LogP contribution is 2.23. The lowest BCUT2D eigenvalue weighted by atomic mass is 9.90. The van der Waals surface area contributed by atoms with Crippen LogP contribution in [0.2, 0.25) is 0 Å². The lowest BCUT2D eigenvalue weighted by Crippen LogP contribution is -2.51. The molecule has 0 spiro atoms. The van der Waals surface area contributed by atoms with Crippen molar-refractivity contribution in [2.45, 2.75) is 59.4 Å². The number of aliphatic carboxylic acids is 1. The van der Waals surface area contributed by atoms with Crippen LogP contribution < -0.4 is 5.32 Å². The van der Waals surface area contributed by atoms with Crippen molar-refractivity contribution >= 4 is 17.8 Å². The summed E-state index contributed by atoms with van der Waals surface area (Å²) in [5.41, 5.74) is -0.468. The summed E-state index contributed by atoms with van der Waals surface area (Å²) in [4.78, 5) is 37.5. The van der Waals surface area contributed by atoms with E-state index in [1.165, 1.54) is 0 Å². The molecule has 1 saturated heterocycles. The molecule has 2 atom stereocenters. The van der Waals surface area contributed by atoms with Gasteiger partial charge in [0.2, 0.25) is 11.8 Å². The number of carboxylic acid groups (broad SMARTS) is 1. The summed E-state index contributed by atoms with van der Waals surface area (Å²) in [7, 11) is 0. The Labute approximate surface area is 132 Å². The van der Waals surface area contributed by atoms with Crippen molar-refractivity contribution in [3.8, 4) is 0 Å². The maximum atomic E-state index is 12.3. The van der Waals surface area contributed by atoms with Crippen LogP contribution in [0.4, 0.5) is 0 Å². The topological polar surface area (TPSA) is 86.7 Å². The second kappa shape index (κ2) is 7.61. The number of piperidine rings is 1. The minimum Gasteiger partial charge on any atom is -0.480 e. The lowest BCUT2D eigenvalue weighted by Gasteiger charge is -2.36. The molecule has 0 aromatic rings. The van der Waals surface area contributed by atoms with Gasteiger partial charge < -0.3 is 15.3 Å².